The second-order valence-electron chi connectivity index (χ2n) is 7.80. The molecule has 2 aliphatic rings. The highest BCUT2D eigenvalue weighted by atomic mass is 19.4. The number of likely N-dealkylation sites (tertiary alicyclic amines) is 1. The molecule has 3 heterocycles. The Hall–Kier alpha value is -2.35. The minimum Gasteiger partial charge on any atom is -0.337 e. The number of alkyl halides is 3. The third kappa shape index (κ3) is 3.90. The second-order valence-corrected chi connectivity index (χ2v) is 7.80. The number of nitrogens with one attached hydrogen (secondary N) is 1. The van der Waals surface area contributed by atoms with Crippen LogP contribution in [0.4, 0.5) is 13.2 Å². The van der Waals surface area contributed by atoms with Crippen LogP contribution in [0.25, 0.3) is 0 Å². The Labute approximate surface area is 167 Å². The van der Waals surface area contributed by atoms with Crippen molar-refractivity contribution in [2.45, 2.75) is 44.8 Å². The Morgan fingerprint density at radius 3 is 2.62 bits per heavy atom. The summed E-state index contributed by atoms with van der Waals surface area (Å²) in [6.45, 7) is 5.61. The number of aromatic nitrogens is 2. The number of hydrogen-bond acceptors (Lipinski definition) is 3. The standard InChI is InChI=1S/C21H25F3N4O/c1-2-27-10-9-16-18(13-27)25-26-19(16)20(29)28-11-7-14(8-12-28)15-5-3-4-6-17(15)21(22,23)24/h3-6,14H,2,7-13H2,1H3,(H,25,26). The molecule has 5 nitrogen and oxygen atoms in total. The first-order valence-electron chi connectivity index (χ1n) is 10.1. The summed E-state index contributed by atoms with van der Waals surface area (Å²) in [6.07, 6.45) is -2.52. The van der Waals surface area contributed by atoms with Crippen molar-refractivity contribution in [2.75, 3.05) is 26.2 Å². The number of carbonyl (C=O) groups excluding carboxylic acids is 1. The Morgan fingerprint density at radius 2 is 1.93 bits per heavy atom. The summed E-state index contributed by atoms with van der Waals surface area (Å²) in [5.41, 5.74) is 2.24. The summed E-state index contributed by atoms with van der Waals surface area (Å²) < 4.78 is 40.0. The monoisotopic (exact) mass is 406 g/mol. The number of aromatic amines is 1. The number of likely N-dealkylation sites (N-methyl/N-ethyl adjacent to an activating group) is 1. The van der Waals surface area contributed by atoms with Gasteiger partial charge in [-0.15, -0.1) is 0 Å². The highest BCUT2D eigenvalue weighted by molar-refractivity contribution is 5.94. The van der Waals surface area contributed by atoms with Crippen LogP contribution in [-0.2, 0) is 19.1 Å². The summed E-state index contributed by atoms with van der Waals surface area (Å²) in [5, 5.41) is 7.28. The minimum absolute atomic E-state index is 0.116. The molecular weight excluding hydrogens is 381 g/mol. The number of amides is 1. The fourth-order valence-electron chi connectivity index (χ4n) is 4.48. The Balaban J connectivity index is 1.45. The van der Waals surface area contributed by atoms with Crippen LogP contribution >= 0.6 is 0 Å². The van der Waals surface area contributed by atoms with E-state index in [0.717, 1.165) is 43.4 Å². The molecule has 8 heteroatoms. The summed E-state index contributed by atoms with van der Waals surface area (Å²) in [6, 6.07) is 5.78. The van der Waals surface area contributed by atoms with Gasteiger partial charge >= 0.3 is 6.18 Å². The largest absolute Gasteiger partial charge is 0.416 e. The second kappa shape index (κ2) is 7.82. The van der Waals surface area contributed by atoms with E-state index in [9.17, 15) is 18.0 Å². The zero-order chi connectivity index (χ0) is 20.6. The summed E-state index contributed by atoms with van der Waals surface area (Å²) in [7, 11) is 0. The quantitative estimate of drug-likeness (QED) is 0.843. The van der Waals surface area contributed by atoms with E-state index < -0.39 is 11.7 Å². The van der Waals surface area contributed by atoms with E-state index in [-0.39, 0.29) is 11.8 Å². The lowest BCUT2D eigenvalue weighted by atomic mass is 9.86. The number of fused-ring (bicyclic) bond motifs is 1. The van der Waals surface area contributed by atoms with Crippen molar-refractivity contribution in [1.82, 2.24) is 20.0 Å². The van der Waals surface area contributed by atoms with Gasteiger partial charge in [0.25, 0.3) is 5.91 Å². The van der Waals surface area contributed by atoms with E-state index in [4.69, 9.17) is 0 Å². The molecule has 0 aliphatic carbocycles. The fourth-order valence-corrected chi connectivity index (χ4v) is 4.48. The molecule has 0 atom stereocenters. The maximum absolute atomic E-state index is 13.3. The average Bonchev–Trinajstić information content (AvgIpc) is 3.16. The zero-order valence-corrected chi connectivity index (χ0v) is 16.4. The summed E-state index contributed by atoms with van der Waals surface area (Å²) in [4.78, 5) is 17.0. The first-order chi connectivity index (χ1) is 13.9. The van der Waals surface area contributed by atoms with E-state index in [1.807, 2.05) is 0 Å². The summed E-state index contributed by atoms with van der Waals surface area (Å²) >= 11 is 0. The van der Waals surface area contributed by atoms with Crippen molar-refractivity contribution in [3.8, 4) is 0 Å². The SMILES string of the molecule is CCN1CCc2c(C(=O)N3CCC(c4ccccc4C(F)(F)F)CC3)n[nH]c2C1. The number of rotatable bonds is 3. The van der Waals surface area contributed by atoms with Crippen molar-refractivity contribution >= 4 is 5.91 Å². The topological polar surface area (TPSA) is 52.2 Å². The number of piperidine rings is 1. The van der Waals surface area contributed by atoms with Crippen molar-refractivity contribution in [3.63, 3.8) is 0 Å². The molecule has 156 valence electrons. The molecule has 1 aromatic heterocycles. The average molecular weight is 406 g/mol. The molecule has 1 N–H and O–H groups in total. The molecule has 4 rings (SSSR count). The van der Waals surface area contributed by atoms with Crippen LogP contribution in [0.2, 0.25) is 0 Å². The highest BCUT2D eigenvalue weighted by Gasteiger charge is 2.36. The molecular formula is C21H25F3N4O. The molecule has 1 amide bonds. The zero-order valence-electron chi connectivity index (χ0n) is 16.4. The highest BCUT2D eigenvalue weighted by Crippen LogP contribution is 2.38. The molecule has 1 saturated heterocycles. The molecule has 0 radical (unpaired) electrons. The van der Waals surface area contributed by atoms with E-state index in [1.165, 1.54) is 6.07 Å². The number of halogens is 3. The molecule has 0 bridgehead atoms. The normalized spacial score (nSPS) is 18.7. The van der Waals surface area contributed by atoms with Gasteiger partial charge in [-0.3, -0.25) is 14.8 Å². The first-order valence-corrected chi connectivity index (χ1v) is 10.1. The van der Waals surface area contributed by atoms with Gasteiger partial charge in [-0.05, 0) is 43.4 Å². The van der Waals surface area contributed by atoms with E-state index in [1.54, 1.807) is 17.0 Å². The predicted octanol–water partition coefficient (Wildman–Crippen LogP) is 3.83. The van der Waals surface area contributed by atoms with Gasteiger partial charge in [-0.25, -0.2) is 0 Å². The lowest BCUT2D eigenvalue weighted by molar-refractivity contribution is -0.138. The molecule has 2 aromatic rings. The molecule has 29 heavy (non-hydrogen) atoms. The lowest BCUT2D eigenvalue weighted by Crippen LogP contribution is -2.39. The number of benzene rings is 1. The van der Waals surface area contributed by atoms with Crippen molar-refractivity contribution in [2.24, 2.45) is 0 Å². The smallest absolute Gasteiger partial charge is 0.337 e. The minimum atomic E-state index is -4.36. The number of hydrogen-bond donors (Lipinski definition) is 1. The number of H-pyrrole nitrogens is 1. The van der Waals surface area contributed by atoms with Crippen LogP contribution in [0.5, 0.6) is 0 Å². The molecule has 1 aromatic carbocycles. The molecule has 1 fully saturated rings. The van der Waals surface area contributed by atoms with Gasteiger partial charge in [0.15, 0.2) is 5.69 Å². The number of nitrogens with zero attached hydrogens (tertiary/aromatic N) is 3. The van der Waals surface area contributed by atoms with Crippen LogP contribution in [0, 0.1) is 0 Å². The van der Waals surface area contributed by atoms with Gasteiger partial charge in [0.1, 0.15) is 0 Å². The predicted molar refractivity (Wildman–Crippen MR) is 103 cm³/mol. The van der Waals surface area contributed by atoms with Gasteiger partial charge in [-0.1, -0.05) is 25.1 Å². The molecule has 0 unspecified atom stereocenters. The molecule has 0 spiro atoms. The van der Waals surface area contributed by atoms with Gasteiger partial charge in [-0.2, -0.15) is 18.3 Å². The van der Waals surface area contributed by atoms with Crippen molar-refractivity contribution in [3.05, 3.63) is 52.3 Å². The van der Waals surface area contributed by atoms with Crippen molar-refractivity contribution in [1.29, 1.82) is 0 Å². The van der Waals surface area contributed by atoms with Gasteiger partial charge in [0, 0.05) is 31.7 Å². The van der Waals surface area contributed by atoms with Gasteiger partial charge in [0.2, 0.25) is 0 Å². The third-order valence-corrected chi connectivity index (χ3v) is 6.15. The Kier molecular flexibility index (Phi) is 5.38. The summed E-state index contributed by atoms with van der Waals surface area (Å²) in [5.74, 6) is -0.307. The Morgan fingerprint density at radius 1 is 1.21 bits per heavy atom. The maximum atomic E-state index is 13.3. The van der Waals surface area contributed by atoms with Crippen LogP contribution in [0.1, 0.15) is 58.6 Å². The van der Waals surface area contributed by atoms with Crippen LogP contribution in [-0.4, -0.2) is 52.1 Å². The van der Waals surface area contributed by atoms with Crippen LogP contribution in [0.3, 0.4) is 0 Å². The van der Waals surface area contributed by atoms with Crippen molar-refractivity contribution < 1.29 is 18.0 Å². The molecule has 0 saturated carbocycles. The fraction of sp³-hybridized carbons (Fsp3) is 0.524. The van der Waals surface area contributed by atoms with Gasteiger partial charge in [0.05, 0.1) is 11.3 Å². The third-order valence-electron chi connectivity index (χ3n) is 6.15. The Bertz CT molecular complexity index is 884. The van der Waals surface area contributed by atoms with Crippen LogP contribution in [0.15, 0.2) is 24.3 Å². The van der Waals surface area contributed by atoms with E-state index >= 15 is 0 Å². The van der Waals surface area contributed by atoms with E-state index in [2.05, 4.69) is 22.0 Å². The van der Waals surface area contributed by atoms with E-state index in [0.29, 0.717) is 37.2 Å². The van der Waals surface area contributed by atoms with Gasteiger partial charge < -0.3 is 4.90 Å². The lowest BCUT2D eigenvalue weighted by Gasteiger charge is -2.33. The van der Waals surface area contributed by atoms with Crippen LogP contribution < -0.4 is 0 Å². The number of carbonyl (C=O) groups is 1. The maximum Gasteiger partial charge on any atom is 0.416 e. The molecule has 2 aliphatic heterocycles. The first kappa shape index (κ1) is 19.9.